The molecule has 25 heavy (non-hydrogen) atoms. The maximum Gasteiger partial charge on any atom is 0.350 e. The predicted molar refractivity (Wildman–Crippen MR) is 97.5 cm³/mol. The van der Waals surface area contributed by atoms with Crippen LogP contribution in [0.5, 0.6) is 0 Å². The summed E-state index contributed by atoms with van der Waals surface area (Å²) >= 11 is 7.06. The van der Waals surface area contributed by atoms with Gasteiger partial charge in [-0.2, -0.15) is 5.10 Å². The lowest BCUT2D eigenvalue weighted by molar-refractivity contribution is -0.222. The number of nitrogens with one attached hydrogen (secondary N) is 1. The molecule has 1 aromatic rings. The van der Waals surface area contributed by atoms with Crippen LogP contribution in [0, 0.1) is 0 Å². The number of benzene rings is 1. The average Bonchev–Trinajstić information content (AvgIpc) is 2.53. The van der Waals surface area contributed by atoms with Crippen molar-refractivity contribution in [2.75, 3.05) is 6.26 Å². The number of esters is 2. The molecule has 1 aliphatic rings. The third-order valence-electron chi connectivity index (χ3n) is 2.86. The van der Waals surface area contributed by atoms with Crippen LogP contribution < -0.4 is 5.43 Å². The molecular formula is C16H16ClN3O4S. The Labute approximate surface area is 154 Å². The molecule has 2 rings (SSSR count). The third kappa shape index (κ3) is 5.61. The zero-order chi connectivity index (χ0) is 18.4. The molecule has 0 spiro atoms. The van der Waals surface area contributed by atoms with E-state index >= 15 is 0 Å². The first-order valence-corrected chi connectivity index (χ1v) is 8.74. The van der Waals surface area contributed by atoms with Crippen molar-refractivity contribution < 1.29 is 19.1 Å². The van der Waals surface area contributed by atoms with Gasteiger partial charge in [0.05, 0.1) is 12.4 Å². The molecule has 9 heteroatoms. The zero-order valence-electron chi connectivity index (χ0n) is 13.8. The Bertz CT molecular complexity index is 735. The van der Waals surface area contributed by atoms with Crippen molar-refractivity contribution in [1.82, 2.24) is 5.43 Å². The van der Waals surface area contributed by atoms with Gasteiger partial charge in [0.15, 0.2) is 10.7 Å². The summed E-state index contributed by atoms with van der Waals surface area (Å²) in [6, 6.07) is 7.11. The van der Waals surface area contributed by atoms with Crippen molar-refractivity contribution in [3.63, 3.8) is 0 Å². The van der Waals surface area contributed by atoms with E-state index in [0.29, 0.717) is 10.2 Å². The minimum absolute atomic E-state index is 0.283. The number of hydrogen-bond acceptors (Lipinski definition) is 7. The van der Waals surface area contributed by atoms with Gasteiger partial charge in [0.1, 0.15) is 0 Å². The predicted octanol–water partition coefficient (Wildman–Crippen LogP) is 2.70. The molecule has 1 aromatic carbocycles. The molecule has 1 N–H and O–H groups in total. The van der Waals surface area contributed by atoms with Crippen molar-refractivity contribution in [3.8, 4) is 0 Å². The maximum absolute atomic E-state index is 11.8. The standard InChI is InChI=1S/C16H16ClN3O4S/c1-16(2)23-13(21)12(14(22)24-16)9-18-15(25-3)20-19-8-10-4-6-11(17)7-5-10/h4-9H,1-3H3,(H,18,20)/b19-8+. The lowest BCUT2D eigenvalue weighted by atomic mass is 10.2. The number of hydrogen-bond donors (Lipinski definition) is 1. The van der Waals surface area contributed by atoms with Gasteiger partial charge in [0.25, 0.3) is 5.79 Å². The van der Waals surface area contributed by atoms with E-state index in [9.17, 15) is 9.59 Å². The largest absolute Gasteiger partial charge is 0.419 e. The van der Waals surface area contributed by atoms with Gasteiger partial charge in [-0.1, -0.05) is 35.5 Å². The maximum atomic E-state index is 11.8. The molecule has 0 aliphatic carbocycles. The van der Waals surface area contributed by atoms with E-state index in [1.165, 1.54) is 25.6 Å². The summed E-state index contributed by atoms with van der Waals surface area (Å²) < 4.78 is 9.97. The van der Waals surface area contributed by atoms with Crippen molar-refractivity contribution in [1.29, 1.82) is 0 Å². The summed E-state index contributed by atoms with van der Waals surface area (Å²) in [5, 5.41) is 5.05. The molecule has 0 unspecified atom stereocenters. The van der Waals surface area contributed by atoms with E-state index in [2.05, 4.69) is 15.5 Å². The first-order chi connectivity index (χ1) is 11.8. The molecular weight excluding hydrogens is 366 g/mol. The highest BCUT2D eigenvalue weighted by Gasteiger charge is 2.38. The van der Waals surface area contributed by atoms with Gasteiger partial charge in [0.2, 0.25) is 0 Å². The van der Waals surface area contributed by atoms with E-state index in [4.69, 9.17) is 21.1 Å². The van der Waals surface area contributed by atoms with Crippen LogP contribution in [0.2, 0.25) is 5.02 Å². The number of amidine groups is 1. The quantitative estimate of drug-likeness (QED) is 0.216. The molecule has 1 aliphatic heterocycles. The minimum atomic E-state index is -1.28. The minimum Gasteiger partial charge on any atom is -0.419 e. The van der Waals surface area contributed by atoms with E-state index < -0.39 is 17.7 Å². The SMILES string of the molecule is CSC(=NC=C1C(=O)OC(C)(C)OC1=O)N/N=C/c1ccc(Cl)cc1. The fourth-order valence-corrected chi connectivity index (χ4v) is 2.16. The van der Waals surface area contributed by atoms with Crippen LogP contribution in [-0.2, 0) is 19.1 Å². The number of nitrogens with zero attached hydrogens (tertiary/aromatic N) is 2. The molecule has 132 valence electrons. The van der Waals surface area contributed by atoms with E-state index in [0.717, 1.165) is 11.8 Å². The number of cyclic esters (lactones) is 2. The summed E-state index contributed by atoms with van der Waals surface area (Å²) in [6.07, 6.45) is 4.44. The molecule has 0 radical (unpaired) electrons. The number of carbonyl (C=O) groups excluding carboxylic acids is 2. The van der Waals surface area contributed by atoms with E-state index in [1.54, 1.807) is 36.7 Å². The summed E-state index contributed by atoms with van der Waals surface area (Å²) in [5.41, 5.74) is 3.28. The molecule has 1 fully saturated rings. The highest BCUT2D eigenvalue weighted by Crippen LogP contribution is 2.22. The summed E-state index contributed by atoms with van der Waals surface area (Å²) in [6.45, 7) is 2.95. The number of rotatable bonds is 3. The molecule has 0 saturated carbocycles. The Morgan fingerprint density at radius 3 is 2.36 bits per heavy atom. The number of hydrazone groups is 1. The first kappa shape index (κ1) is 19.0. The second-order valence-electron chi connectivity index (χ2n) is 5.28. The Hall–Kier alpha value is -2.32. The van der Waals surface area contributed by atoms with Crippen LogP contribution in [-0.4, -0.2) is 35.4 Å². The average molecular weight is 382 g/mol. The van der Waals surface area contributed by atoms with Crippen LogP contribution in [0.15, 0.2) is 46.1 Å². The van der Waals surface area contributed by atoms with Crippen LogP contribution in [0.4, 0.5) is 0 Å². The third-order valence-corrected chi connectivity index (χ3v) is 3.70. The molecule has 1 saturated heterocycles. The first-order valence-electron chi connectivity index (χ1n) is 7.14. The second-order valence-corrected chi connectivity index (χ2v) is 6.51. The van der Waals surface area contributed by atoms with Gasteiger partial charge >= 0.3 is 11.9 Å². The lowest BCUT2D eigenvalue weighted by Crippen LogP contribution is -2.41. The summed E-state index contributed by atoms with van der Waals surface area (Å²) in [5.74, 6) is -2.84. The highest BCUT2D eigenvalue weighted by molar-refractivity contribution is 8.13. The molecule has 0 aromatic heterocycles. The van der Waals surface area contributed by atoms with Crippen molar-refractivity contribution in [3.05, 3.63) is 46.6 Å². The number of aliphatic imine (C=N–C) groups is 1. The highest BCUT2D eigenvalue weighted by atomic mass is 35.5. The molecule has 1 heterocycles. The van der Waals surface area contributed by atoms with Crippen LogP contribution in [0.3, 0.4) is 0 Å². The normalized spacial score (nSPS) is 17.3. The van der Waals surface area contributed by atoms with Crippen LogP contribution in [0.25, 0.3) is 0 Å². The summed E-state index contributed by atoms with van der Waals surface area (Å²) in [7, 11) is 0. The van der Waals surface area contributed by atoms with Crippen LogP contribution >= 0.6 is 23.4 Å². The number of ether oxygens (including phenoxy) is 2. The Morgan fingerprint density at radius 2 is 1.80 bits per heavy atom. The molecule has 0 atom stereocenters. The molecule has 0 amide bonds. The molecule has 0 bridgehead atoms. The van der Waals surface area contributed by atoms with Gasteiger partial charge in [-0.3, -0.25) is 5.43 Å². The van der Waals surface area contributed by atoms with Gasteiger partial charge in [-0.25, -0.2) is 14.6 Å². The smallest absolute Gasteiger partial charge is 0.350 e. The number of halogens is 1. The van der Waals surface area contributed by atoms with E-state index in [-0.39, 0.29) is 5.57 Å². The monoisotopic (exact) mass is 381 g/mol. The van der Waals surface area contributed by atoms with Gasteiger partial charge in [-0.05, 0) is 24.0 Å². The molecule has 7 nitrogen and oxygen atoms in total. The van der Waals surface area contributed by atoms with Crippen molar-refractivity contribution in [2.45, 2.75) is 19.6 Å². The fourth-order valence-electron chi connectivity index (χ4n) is 1.73. The van der Waals surface area contributed by atoms with Crippen LogP contribution in [0.1, 0.15) is 19.4 Å². The van der Waals surface area contributed by atoms with Crippen molar-refractivity contribution in [2.24, 2.45) is 10.1 Å². The Morgan fingerprint density at radius 1 is 1.20 bits per heavy atom. The number of carbonyl (C=O) groups is 2. The Kier molecular flexibility index (Phi) is 6.22. The second kappa shape index (κ2) is 8.17. The topological polar surface area (TPSA) is 89.4 Å². The van der Waals surface area contributed by atoms with Crippen molar-refractivity contribution >= 4 is 46.7 Å². The fraction of sp³-hybridized carbons (Fsp3) is 0.250. The van der Waals surface area contributed by atoms with Gasteiger partial charge in [0, 0.05) is 18.9 Å². The zero-order valence-corrected chi connectivity index (χ0v) is 15.4. The van der Waals surface area contributed by atoms with Gasteiger partial charge < -0.3 is 9.47 Å². The summed E-state index contributed by atoms with van der Waals surface area (Å²) in [4.78, 5) is 27.7. The Balaban J connectivity index is 2.05. The van der Waals surface area contributed by atoms with Gasteiger partial charge in [-0.15, -0.1) is 0 Å². The lowest BCUT2D eigenvalue weighted by Gasteiger charge is -2.29. The number of thioether (sulfide) groups is 1. The van der Waals surface area contributed by atoms with E-state index in [1.807, 2.05) is 0 Å².